The number of anilines is 1. The Balaban J connectivity index is 1.91. The number of alkyl halides is 3. The molecule has 0 saturated heterocycles. The average molecular weight is 380 g/mol. The number of nitrogens with one attached hydrogen (secondary N) is 2. The van der Waals surface area contributed by atoms with Crippen LogP contribution >= 0.6 is 11.6 Å². The van der Waals surface area contributed by atoms with Gasteiger partial charge in [0.1, 0.15) is 5.69 Å². The Morgan fingerprint density at radius 2 is 1.85 bits per heavy atom. The van der Waals surface area contributed by atoms with Crippen LogP contribution in [0.3, 0.4) is 0 Å². The van der Waals surface area contributed by atoms with Gasteiger partial charge in [-0.3, -0.25) is 9.89 Å². The van der Waals surface area contributed by atoms with Crippen LogP contribution in [0.2, 0.25) is 5.02 Å². The maximum Gasteiger partial charge on any atom is 0.416 e. The fourth-order valence-electron chi connectivity index (χ4n) is 2.42. The summed E-state index contributed by atoms with van der Waals surface area (Å²) < 4.78 is 38.1. The summed E-state index contributed by atoms with van der Waals surface area (Å²) >= 11 is 5.89. The molecule has 134 valence electrons. The molecule has 2 N–H and O–H groups in total. The minimum absolute atomic E-state index is 0.353. The largest absolute Gasteiger partial charge is 0.416 e. The van der Waals surface area contributed by atoms with E-state index in [2.05, 4.69) is 15.5 Å². The second-order valence-corrected chi connectivity index (χ2v) is 6.05. The van der Waals surface area contributed by atoms with Crippen LogP contribution < -0.4 is 5.32 Å². The molecule has 4 nitrogen and oxygen atoms in total. The molecule has 3 aromatic rings. The van der Waals surface area contributed by atoms with Gasteiger partial charge in [0.25, 0.3) is 5.91 Å². The van der Waals surface area contributed by atoms with Gasteiger partial charge in [0.15, 0.2) is 0 Å². The smallest absolute Gasteiger partial charge is 0.319 e. The first kappa shape index (κ1) is 18.0. The van der Waals surface area contributed by atoms with Crippen molar-refractivity contribution in [3.8, 4) is 11.3 Å². The molecule has 0 radical (unpaired) electrons. The Bertz CT molecular complexity index is 949. The number of carbonyl (C=O) groups excluding carboxylic acids is 1. The third-order valence-electron chi connectivity index (χ3n) is 3.76. The highest BCUT2D eigenvalue weighted by Crippen LogP contribution is 2.33. The fourth-order valence-corrected chi connectivity index (χ4v) is 2.61. The van der Waals surface area contributed by atoms with Crippen molar-refractivity contribution in [1.29, 1.82) is 0 Å². The Morgan fingerprint density at radius 3 is 2.46 bits per heavy atom. The molecule has 8 heteroatoms. The maximum absolute atomic E-state index is 12.7. The summed E-state index contributed by atoms with van der Waals surface area (Å²) in [4.78, 5) is 12.4. The molecule has 0 spiro atoms. The number of carbonyl (C=O) groups is 1. The second kappa shape index (κ2) is 6.84. The molecule has 0 atom stereocenters. The van der Waals surface area contributed by atoms with E-state index in [4.69, 9.17) is 11.6 Å². The lowest BCUT2D eigenvalue weighted by Crippen LogP contribution is -2.12. The van der Waals surface area contributed by atoms with Gasteiger partial charge in [0.2, 0.25) is 0 Å². The van der Waals surface area contributed by atoms with Gasteiger partial charge in [0, 0.05) is 16.1 Å². The van der Waals surface area contributed by atoms with Gasteiger partial charge in [0.05, 0.1) is 16.9 Å². The number of rotatable bonds is 3. The lowest BCUT2D eigenvalue weighted by molar-refractivity contribution is -0.137. The normalized spacial score (nSPS) is 11.4. The third kappa shape index (κ3) is 3.72. The molecule has 0 saturated carbocycles. The Morgan fingerprint density at radius 1 is 1.15 bits per heavy atom. The lowest BCUT2D eigenvalue weighted by Gasteiger charge is -2.09. The van der Waals surface area contributed by atoms with Crippen LogP contribution in [-0.2, 0) is 6.18 Å². The predicted molar refractivity (Wildman–Crippen MR) is 93.2 cm³/mol. The van der Waals surface area contributed by atoms with E-state index in [9.17, 15) is 18.0 Å². The minimum atomic E-state index is -4.41. The van der Waals surface area contributed by atoms with Crippen molar-refractivity contribution in [1.82, 2.24) is 10.2 Å². The summed E-state index contributed by atoms with van der Waals surface area (Å²) in [5, 5.41) is 9.98. The van der Waals surface area contributed by atoms with Crippen LogP contribution in [0.4, 0.5) is 18.9 Å². The molecule has 0 aliphatic carbocycles. The highest BCUT2D eigenvalue weighted by Gasteiger charge is 2.30. The number of nitrogens with zero attached hydrogens (tertiary/aromatic N) is 1. The first-order chi connectivity index (χ1) is 12.3. The summed E-state index contributed by atoms with van der Waals surface area (Å²) in [6.07, 6.45) is -4.41. The van der Waals surface area contributed by atoms with Crippen LogP contribution in [-0.4, -0.2) is 16.1 Å². The van der Waals surface area contributed by atoms with Crippen molar-refractivity contribution in [3.05, 3.63) is 70.4 Å². The van der Waals surface area contributed by atoms with Crippen molar-refractivity contribution in [2.45, 2.75) is 13.1 Å². The Kier molecular flexibility index (Phi) is 4.73. The van der Waals surface area contributed by atoms with E-state index in [0.29, 0.717) is 33.2 Å². The molecule has 0 aliphatic rings. The van der Waals surface area contributed by atoms with Crippen LogP contribution in [0.15, 0.2) is 48.5 Å². The topological polar surface area (TPSA) is 57.8 Å². The van der Waals surface area contributed by atoms with E-state index in [1.807, 2.05) is 0 Å². The van der Waals surface area contributed by atoms with Gasteiger partial charge in [-0.15, -0.1) is 0 Å². The number of H-pyrrole nitrogens is 1. The molecule has 0 bridgehead atoms. The number of aromatic nitrogens is 2. The maximum atomic E-state index is 12.7. The standard InChI is InChI=1S/C18H13ClF3N3O/c1-10-15(23-17(26)12-3-2-4-14(19)9-12)16(25-24-10)11-5-7-13(8-6-11)18(20,21)22/h2-9H,1H3,(H,23,26)(H,24,25). The van der Waals surface area contributed by atoms with Crippen molar-refractivity contribution >= 4 is 23.2 Å². The molecule has 1 heterocycles. The van der Waals surface area contributed by atoms with Gasteiger partial charge in [-0.25, -0.2) is 0 Å². The molecule has 1 amide bonds. The van der Waals surface area contributed by atoms with Crippen LogP contribution in [0, 0.1) is 6.92 Å². The number of halogens is 4. The van der Waals surface area contributed by atoms with Crippen LogP contribution in [0.25, 0.3) is 11.3 Å². The number of hydrogen-bond donors (Lipinski definition) is 2. The quantitative estimate of drug-likeness (QED) is 0.648. The van der Waals surface area contributed by atoms with E-state index < -0.39 is 17.6 Å². The summed E-state index contributed by atoms with van der Waals surface area (Å²) in [5.41, 5.74) is 1.38. The van der Waals surface area contributed by atoms with E-state index in [-0.39, 0.29) is 0 Å². The molecule has 0 unspecified atom stereocenters. The number of hydrogen-bond acceptors (Lipinski definition) is 2. The van der Waals surface area contributed by atoms with Crippen LogP contribution in [0.5, 0.6) is 0 Å². The molecular formula is C18H13ClF3N3O. The minimum Gasteiger partial charge on any atom is -0.319 e. The first-order valence-electron chi connectivity index (χ1n) is 7.55. The van der Waals surface area contributed by atoms with Crippen LogP contribution in [0.1, 0.15) is 21.6 Å². The number of aryl methyl sites for hydroxylation is 1. The molecule has 1 aromatic heterocycles. The van der Waals surface area contributed by atoms with Gasteiger partial charge < -0.3 is 5.32 Å². The van der Waals surface area contributed by atoms with Crippen molar-refractivity contribution in [2.24, 2.45) is 0 Å². The number of aromatic amines is 1. The molecule has 3 rings (SSSR count). The zero-order valence-corrected chi connectivity index (χ0v) is 14.2. The number of amides is 1. The highest BCUT2D eigenvalue weighted by atomic mass is 35.5. The summed E-state index contributed by atoms with van der Waals surface area (Å²) in [6, 6.07) is 11.0. The predicted octanol–water partition coefficient (Wildman–Crippen LogP) is 5.31. The number of benzene rings is 2. The van der Waals surface area contributed by atoms with Gasteiger partial charge in [-0.05, 0) is 37.3 Å². The summed E-state index contributed by atoms with van der Waals surface area (Å²) in [5.74, 6) is -0.398. The van der Waals surface area contributed by atoms with E-state index >= 15 is 0 Å². The van der Waals surface area contributed by atoms with Crippen molar-refractivity contribution < 1.29 is 18.0 Å². The zero-order valence-electron chi connectivity index (χ0n) is 13.5. The molecule has 0 aliphatic heterocycles. The SMILES string of the molecule is Cc1[nH]nc(-c2ccc(C(F)(F)F)cc2)c1NC(=O)c1cccc(Cl)c1. The third-order valence-corrected chi connectivity index (χ3v) is 3.99. The van der Waals surface area contributed by atoms with E-state index in [0.717, 1.165) is 12.1 Å². The fraction of sp³-hybridized carbons (Fsp3) is 0.111. The molecule has 2 aromatic carbocycles. The molecular weight excluding hydrogens is 367 g/mol. The molecule has 0 fully saturated rings. The molecule has 26 heavy (non-hydrogen) atoms. The van der Waals surface area contributed by atoms with Gasteiger partial charge in [-0.1, -0.05) is 29.8 Å². The lowest BCUT2D eigenvalue weighted by atomic mass is 10.1. The highest BCUT2D eigenvalue weighted by molar-refractivity contribution is 6.31. The zero-order chi connectivity index (χ0) is 18.9. The van der Waals surface area contributed by atoms with E-state index in [1.165, 1.54) is 18.2 Å². The second-order valence-electron chi connectivity index (χ2n) is 5.61. The van der Waals surface area contributed by atoms with E-state index in [1.54, 1.807) is 25.1 Å². The van der Waals surface area contributed by atoms with Gasteiger partial charge >= 0.3 is 6.18 Å². The Labute approximate surface area is 152 Å². The average Bonchev–Trinajstić information content (AvgIpc) is 2.95. The summed E-state index contributed by atoms with van der Waals surface area (Å²) in [6.45, 7) is 1.70. The first-order valence-corrected chi connectivity index (χ1v) is 7.93. The summed E-state index contributed by atoms with van der Waals surface area (Å²) in [7, 11) is 0. The van der Waals surface area contributed by atoms with Crippen molar-refractivity contribution in [3.63, 3.8) is 0 Å². The monoisotopic (exact) mass is 379 g/mol. The van der Waals surface area contributed by atoms with Crippen molar-refractivity contribution in [2.75, 3.05) is 5.32 Å². The van der Waals surface area contributed by atoms with Gasteiger partial charge in [-0.2, -0.15) is 18.3 Å². The Hall–Kier alpha value is -2.80.